The normalized spacial score (nSPS) is 22.7. The molecule has 4 nitrogen and oxygen atoms in total. The average molecular weight is 310 g/mol. The van der Waals surface area contributed by atoms with Gasteiger partial charge in [-0.05, 0) is 25.2 Å². The quantitative estimate of drug-likeness (QED) is 0.838. The van der Waals surface area contributed by atoms with E-state index in [1.54, 1.807) is 27.7 Å². The Morgan fingerprint density at radius 3 is 2.33 bits per heavy atom. The third-order valence-corrected chi connectivity index (χ3v) is 3.55. The van der Waals surface area contributed by atoms with Gasteiger partial charge in [-0.3, -0.25) is 0 Å². The zero-order valence-corrected chi connectivity index (χ0v) is 13.0. The van der Waals surface area contributed by atoms with E-state index in [0.717, 1.165) is 6.42 Å². The third kappa shape index (κ3) is 6.54. The first-order valence-electron chi connectivity index (χ1n) is 7.20. The predicted molar refractivity (Wildman–Crippen MR) is 74.0 cm³/mol. The summed E-state index contributed by atoms with van der Waals surface area (Å²) in [5.41, 5.74) is -0.529. The van der Waals surface area contributed by atoms with Gasteiger partial charge in [0.15, 0.2) is 0 Å². The molecule has 0 aliphatic carbocycles. The van der Waals surface area contributed by atoms with Crippen molar-refractivity contribution in [2.24, 2.45) is 11.3 Å². The number of carbonyl (C=O) groups is 1. The molecule has 124 valence electrons. The molecular weight excluding hydrogens is 285 g/mol. The van der Waals surface area contributed by atoms with Crippen LogP contribution in [0.1, 0.15) is 40.5 Å². The molecule has 2 amide bonds. The summed E-state index contributed by atoms with van der Waals surface area (Å²) in [6.45, 7) is 8.09. The fraction of sp³-hybridized carbons (Fsp3) is 0.929. The second kappa shape index (κ2) is 6.85. The summed E-state index contributed by atoms with van der Waals surface area (Å²) in [6.07, 6.45) is -3.80. The second-order valence-corrected chi connectivity index (χ2v) is 6.89. The summed E-state index contributed by atoms with van der Waals surface area (Å²) in [6, 6.07) is -2.83. The lowest BCUT2D eigenvalue weighted by Crippen LogP contribution is -2.53. The van der Waals surface area contributed by atoms with E-state index in [1.165, 1.54) is 0 Å². The van der Waals surface area contributed by atoms with Crippen LogP contribution >= 0.6 is 0 Å². The Kier molecular flexibility index (Phi) is 5.90. The first-order chi connectivity index (χ1) is 9.49. The molecule has 1 aliphatic heterocycles. The maximum atomic E-state index is 13.0. The van der Waals surface area contributed by atoms with Crippen molar-refractivity contribution in [3.63, 3.8) is 0 Å². The molecule has 0 bridgehead atoms. The number of hydrogen-bond acceptors (Lipinski definition) is 2. The Balaban J connectivity index is 2.55. The summed E-state index contributed by atoms with van der Waals surface area (Å²) >= 11 is 0. The summed E-state index contributed by atoms with van der Waals surface area (Å²) < 4.78 is 44.2. The highest BCUT2D eigenvalue weighted by molar-refractivity contribution is 5.74. The van der Waals surface area contributed by atoms with Gasteiger partial charge in [-0.1, -0.05) is 20.8 Å². The Morgan fingerprint density at radius 2 is 1.90 bits per heavy atom. The SMILES string of the molecule is C[C@H](NC(=O)N[C@H](CC(C)(C)C)C(F)(F)F)[C@H]1CCOC1. The van der Waals surface area contributed by atoms with Crippen LogP contribution in [0.2, 0.25) is 0 Å². The van der Waals surface area contributed by atoms with E-state index < -0.39 is 23.7 Å². The molecule has 21 heavy (non-hydrogen) atoms. The van der Waals surface area contributed by atoms with Gasteiger partial charge in [-0.25, -0.2) is 4.79 Å². The topological polar surface area (TPSA) is 50.4 Å². The van der Waals surface area contributed by atoms with Gasteiger partial charge in [-0.15, -0.1) is 0 Å². The monoisotopic (exact) mass is 310 g/mol. The smallest absolute Gasteiger partial charge is 0.381 e. The van der Waals surface area contributed by atoms with Crippen molar-refractivity contribution in [1.29, 1.82) is 0 Å². The molecule has 1 fully saturated rings. The van der Waals surface area contributed by atoms with E-state index in [4.69, 9.17) is 4.74 Å². The first-order valence-corrected chi connectivity index (χ1v) is 7.20. The summed E-state index contributed by atoms with van der Waals surface area (Å²) in [7, 11) is 0. The zero-order valence-electron chi connectivity index (χ0n) is 13.0. The molecule has 0 aromatic carbocycles. The van der Waals surface area contributed by atoms with Gasteiger partial charge >= 0.3 is 12.2 Å². The highest BCUT2D eigenvalue weighted by atomic mass is 19.4. The largest absolute Gasteiger partial charge is 0.408 e. The molecule has 7 heteroatoms. The summed E-state index contributed by atoms with van der Waals surface area (Å²) in [5.74, 6) is 0.155. The van der Waals surface area contributed by atoms with Gasteiger partial charge in [0.25, 0.3) is 0 Å². The maximum absolute atomic E-state index is 13.0. The minimum Gasteiger partial charge on any atom is -0.381 e. The van der Waals surface area contributed by atoms with Crippen LogP contribution in [0.15, 0.2) is 0 Å². The Morgan fingerprint density at radius 1 is 1.29 bits per heavy atom. The van der Waals surface area contributed by atoms with E-state index >= 15 is 0 Å². The van der Waals surface area contributed by atoms with Crippen LogP contribution in [0.25, 0.3) is 0 Å². The summed E-state index contributed by atoms with van der Waals surface area (Å²) in [4.78, 5) is 11.8. The first kappa shape index (κ1) is 18.1. The average Bonchev–Trinajstić information content (AvgIpc) is 2.77. The van der Waals surface area contributed by atoms with Crippen molar-refractivity contribution in [3.05, 3.63) is 0 Å². The van der Waals surface area contributed by atoms with E-state index in [-0.39, 0.29) is 18.4 Å². The third-order valence-electron chi connectivity index (χ3n) is 3.55. The molecule has 0 aromatic heterocycles. The van der Waals surface area contributed by atoms with Crippen molar-refractivity contribution in [3.8, 4) is 0 Å². The Labute approximate surface area is 123 Å². The molecule has 2 N–H and O–H groups in total. The predicted octanol–water partition coefficient (Wildman–Crippen LogP) is 3.08. The number of amides is 2. The van der Waals surface area contributed by atoms with Crippen molar-refractivity contribution >= 4 is 6.03 Å². The standard InChI is InChI=1S/C14H25F3N2O2/c1-9(10-5-6-21-8-10)18-12(20)19-11(14(15,16)17)7-13(2,3)4/h9-11H,5-8H2,1-4H3,(H2,18,19,20)/t9-,10-,11+/m0/s1. The fourth-order valence-electron chi connectivity index (χ4n) is 2.33. The lowest BCUT2D eigenvalue weighted by Gasteiger charge is -2.29. The van der Waals surface area contributed by atoms with Gasteiger partial charge in [0, 0.05) is 18.6 Å². The van der Waals surface area contributed by atoms with Crippen LogP contribution in [-0.4, -0.2) is 37.5 Å². The highest BCUT2D eigenvalue weighted by Crippen LogP contribution is 2.30. The Hall–Kier alpha value is -0.980. The van der Waals surface area contributed by atoms with Crippen LogP contribution in [-0.2, 0) is 4.74 Å². The van der Waals surface area contributed by atoms with Gasteiger partial charge in [0.2, 0.25) is 0 Å². The lowest BCUT2D eigenvalue weighted by atomic mass is 9.88. The number of urea groups is 1. The van der Waals surface area contributed by atoms with Crippen LogP contribution in [0.3, 0.4) is 0 Å². The molecule has 1 aliphatic rings. The number of rotatable bonds is 4. The van der Waals surface area contributed by atoms with Crippen molar-refractivity contribution < 1.29 is 22.7 Å². The number of carbonyl (C=O) groups excluding carboxylic acids is 1. The van der Waals surface area contributed by atoms with Crippen LogP contribution < -0.4 is 10.6 Å². The van der Waals surface area contributed by atoms with E-state index in [9.17, 15) is 18.0 Å². The molecule has 0 spiro atoms. The number of nitrogens with one attached hydrogen (secondary N) is 2. The molecule has 0 saturated carbocycles. The fourth-order valence-corrected chi connectivity index (χ4v) is 2.33. The number of ether oxygens (including phenoxy) is 1. The number of halogens is 3. The number of alkyl halides is 3. The molecule has 1 heterocycles. The van der Waals surface area contributed by atoms with Crippen molar-refractivity contribution in [2.75, 3.05) is 13.2 Å². The van der Waals surface area contributed by atoms with Gasteiger partial charge in [0.05, 0.1) is 6.61 Å². The minimum absolute atomic E-state index is 0.155. The van der Waals surface area contributed by atoms with E-state index in [1.807, 2.05) is 0 Å². The molecule has 3 atom stereocenters. The van der Waals surface area contributed by atoms with Gasteiger partial charge in [-0.2, -0.15) is 13.2 Å². The summed E-state index contributed by atoms with van der Waals surface area (Å²) in [5, 5.41) is 4.63. The molecule has 0 aromatic rings. The molecule has 1 saturated heterocycles. The molecule has 1 rings (SSSR count). The van der Waals surface area contributed by atoms with Crippen LogP contribution in [0.4, 0.5) is 18.0 Å². The highest BCUT2D eigenvalue weighted by Gasteiger charge is 2.42. The molecule has 0 unspecified atom stereocenters. The molecule has 0 radical (unpaired) electrons. The molecular formula is C14H25F3N2O2. The lowest BCUT2D eigenvalue weighted by molar-refractivity contribution is -0.159. The van der Waals surface area contributed by atoms with E-state index in [0.29, 0.717) is 13.2 Å². The zero-order chi connectivity index (χ0) is 16.3. The van der Waals surface area contributed by atoms with Crippen LogP contribution in [0, 0.1) is 11.3 Å². The minimum atomic E-state index is -4.45. The maximum Gasteiger partial charge on any atom is 0.408 e. The Bertz CT molecular complexity index is 347. The van der Waals surface area contributed by atoms with Crippen molar-refractivity contribution in [1.82, 2.24) is 10.6 Å². The second-order valence-electron chi connectivity index (χ2n) is 6.89. The van der Waals surface area contributed by atoms with Gasteiger partial charge in [0.1, 0.15) is 6.04 Å². The van der Waals surface area contributed by atoms with Crippen molar-refractivity contribution in [2.45, 2.75) is 58.8 Å². The van der Waals surface area contributed by atoms with Crippen LogP contribution in [0.5, 0.6) is 0 Å². The van der Waals surface area contributed by atoms with Gasteiger partial charge < -0.3 is 15.4 Å². The van der Waals surface area contributed by atoms with E-state index in [2.05, 4.69) is 10.6 Å². The number of hydrogen-bond donors (Lipinski definition) is 2.